The molecule has 1 spiro atoms. The minimum Gasteiger partial charge on any atom is -0.392 e. The van der Waals surface area contributed by atoms with E-state index in [1.807, 2.05) is 18.6 Å². The number of rotatable bonds is 3. The molecule has 0 unspecified atom stereocenters. The molecule has 0 bridgehead atoms. The van der Waals surface area contributed by atoms with Crippen LogP contribution in [0.1, 0.15) is 44.7 Å². The predicted octanol–water partition coefficient (Wildman–Crippen LogP) is 2.65. The topological polar surface area (TPSA) is 75.4 Å². The summed E-state index contributed by atoms with van der Waals surface area (Å²) < 4.78 is 28.7. The van der Waals surface area contributed by atoms with Gasteiger partial charge < -0.3 is 9.67 Å². The van der Waals surface area contributed by atoms with Gasteiger partial charge in [0.15, 0.2) is 0 Å². The van der Waals surface area contributed by atoms with E-state index in [-0.39, 0.29) is 17.4 Å². The molecule has 1 aromatic carbocycles. The Balaban J connectivity index is 1.36. The Morgan fingerprint density at radius 2 is 1.93 bits per heavy atom. The number of piperidine rings is 1. The van der Waals surface area contributed by atoms with E-state index in [2.05, 4.69) is 27.8 Å². The van der Waals surface area contributed by atoms with Crippen LogP contribution in [0.5, 0.6) is 0 Å². The molecule has 6 nitrogen and oxygen atoms in total. The Hall–Kier alpha value is -1.70. The van der Waals surface area contributed by atoms with Crippen molar-refractivity contribution in [3.8, 4) is 11.3 Å². The van der Waals surface area contributed by atoms with E-state index in [9.17, 15) is 13.5 Å². The SMILES string of the molecule is CC(C)S(=O)(=O)N1CCC2(CC1)C[C@@H]([C@H]1c3ccccc3-c3cncn31)[C@H]2O. The molecule has 1 aliphatic carbocycles. The first-order valence-electron chi connectivity index (χ1n) is 10.1. The van der Waals surface area contributed by atoms with Crippen LogP contribution in [-0.4, -0.2) is 51.8 Å². The molecule has 1 aromatic heterocycles. The lowest BCUT2D eigenvalue weighted by Crippen LogP contribution is -2.60. The molecule has 1 saturated heterocycles. The molecule has 1 saturated carbocycles. The zero-order valence-electron chi connectivity index (χ0n) is 16.3. The molecule has 3 atom stereocenters. The molecule has 7 heteroatoms. The van der Waals surface area contributed by atoms with Crippen LogP contribution < -0.4 is 0 Å². The van der Waals surface area contributed by atoms with Crippen molar-refractivity contribution in [3.63, 3.8) is 0 Å². The molecule has 0 amide bonds. The maximum atomic E-state index is 12.5. The largest absolute Gasteiger partial charge is 0.392 e. The van der Waals surface area contributed by atoms with Gasteiger partial charge in [-0.3, -0.25) is 0 Å². The highest BCUT2D eigenvalue weighted by atomic mass is 32.2. The fourth-order valence-electron chi connectivity index (χ4n) is 5.57. The zero-order valence-corrected chi connectivity index (χ0v) is 17.1. The summed E-state index contributed by atoms with van der Waals surface area (Å²) in [6.07, 6.45) is 5.76. The van der Waals surface area contributed by atoms with Gasteiger partial charge in [0.2, 0.25) is 10.0 Å². The van der Waals surface area contributed by atoms with Crippen molar-refractivity contribution in [3.05, 3.63) is 42.4 Å². The van der Waals surface area contributed by atoms with Crippen LogP contribution in [0, 0.1) is 11.3 Å². The predicted molar refractivity (Wildman–Crippen MR) is 107 cm³/mol. The molecule has 2 fully saturated rings. The van der Waals surface area contributed by atoms with Crippen LogP contribution in [0.2, 0.25) is 0 Å². The lowest BCUT2D eigenvalue weighted by Gasteiger charge is -2.57. The van der Waals surface area contributed by atoms with Crippen LogP contribution in [0.15, 0.2) is 36.8 Å². The quantitative estimate of drug-likeness (QED) is 0.858. The third-order valence-electron chi connectivity index (χ3n) is 7.28. The summed E-state index contributed by atoms with van der Waals surface area (Å²) in [5, 5.41) is 10.8. The van der Waals surface area contributed by atoms with Crippen LogP contribution in [-0.2, 0) is 10.0 Å². The molecular weight excluding hydrogens is 374 g/mol. The highest BCUT2D eigenvalue weighted by Gasteiger charge is 2.58. The van der Waals surface area contributed by atoms with E-state index in [0.717, 1.165) is 25.0 Å². The number of aromatic nitrogens is 2. The fraction of sp³-hybridized carbons (Fsp3) is 0.571. The average molecular weight is 402 g/mol. The monoisotopic (exact) mass is 401 g/mol. The zero-order chi connectivity index (χ0) is 19.7. The minimum absolute atomic E-state index is 0.117. The molecule has 3 heterocycles. The van der Waals surface area contributed by atoms with E-state index in [4.69, 9.17) is 0 Å². The fourth-order valence-corrected chi connectivity index (χ4v) is 6.86. The normalized spacial score (nSPS) is 28.9. The number of imidazole rings is 1. The highest BCUT2D eigenvalue weighted by molar-refractivity contribution is 7.89. The van der Waals surface area contributed by atoms with Gasteiger partial charge in [0.05, 0.1) is 35.6 Å². The Morgan fingerprint density at radius 3 is 2.61 bits per heavy atom. The molecule has 150 valence electrons. The minimum atomic E-state index is -3.21. The van der Waals surface area contributed by atoms with Crippen molar-refractivity contribution in [1.82, 2.24) is 13.9 Å². The van der Waals surface area contributed by atoms with E-state index in [1.54, 1.807) is 18.2 Å². The first kappa shape index (κ1) is 18.3. The maximum absolute atomic E-state index is 12.5. The van der Waals surface area contributed by atoms with Crippen LogP contribution in [0.3, 0.4) is 0 Å². The van der Waals surface area contributed by atoms with Crippen molar-refractivity contribution >= 4 is 10.0 Å². The van der Waals surface area contributed by atoms with Gasteiger partial charge in [-0.2, -0.15) is 0 Å². The summed E-state index contributed by atoms with van der Waals surface area (Å²) in [7, 11) is -3.21. The lowest BCUT2D eigenvalue weighted by molar-refractivity contribution is -0.152. The van der Waals surface area contributed by atoms with Crippen LogP contribution in [0.4, 0.5) is 0 Å². The Bertz CT molecular complexity index is 1010. The molecule has 2 aliphatic heterocycles. The van der Waals surface area contributed by atoms with Gasteiger partial charge >= 0.3 is 0 Å². The molecule has 3 aliphatic rings. The van der Waals surface area contributed by atoms with Crippen molar-refractivity contribution < 1.29 is 13.5 Å². The second-order valence-electron chi connectivity index (χ2n) is 8.89. The number of aliphatic hydroxyl groups excluding tert-OH is 1. The molecule has 5 rings (SSSR count). The number of sulfonamides is 1. The van der Waals surface area contributed by atoms with Gasteiger partial charge in [-0.25, -0.2) is 17.7 Å². The first-order chi connectivity index (χ1) is 13.3. The smallest absolute Gasteiger partial charge is 0.216 e. The summed E-state index contributed by atoms with van der Waals surface area (Å²) >= 11 is 0. The molecular formula is C21H27N3O3S. The van der Waals surface area contributed by atoms with Gasteiger partial charge in [-0.15, -0.1) is 0 Å². The number of nitrogens with zero attached hydrogens (tertiary/aromatic N) is 3. The van der Waals surface area contributed by atoms with E-state index < -0.39 is 21.4 Å². The van der Waals surface area contributed by atoms with E-state index >= 15 is 0 Å². The molecule has 2 aromatic rings. The maximum Gasteiger partial charge on any atom is 0.216 e. The third kappa shape index (κ3) is 2.39. The van der Waals surface area contributed by atoms with Crippen molar-refractivity contribution in [2.24, 2.45) is 11.3 Å². The van der Waals surface area contributed by atoms with E-state index in [0.29, 0.717) is 13.1 Å². The van der Waals surface area contributed by atoms with Gasteiger partial charge in [0.1, 0.15) is 0 Å². The number of aliphatic hydroxyl groups is 1. The Kier molecular flexibility index (Phi) is 4.03. The van der Waals surface area contributed by atoms with Crippen molar-refractivity contribution in [2.75, 3.05) is 13.1 Å². The Morgan fingerprint density at radius 1 is 1.21 bits per heavy atom. The van der Waals surface area contributed by atoms with Crippen LogP contribution >= 0.6 is 0 Å². The standard InChI is InChI=1S/C21H27N3O3S/c1-14(2)28(26,27)23-9-7-21(8-10-23)11-17(20(21)25)19-16-6-4-3-5-15(16)18-12-22-13-24(18)19/h3-6,12-14,17,19-20,25H,7-11H2,1-2H3/t17-,19+,20+/m0/s1. The van der Waals surface area contributed by atoms with Crippen molar-refractivity contribution in [2.45, 2.75) is 50.5 Å². The summed E-state index contributed by atoms with van der Waals surface area (Å²) in [6, 6.07) is 8.50. The summed E-state index contributed by atoms with van der Waals surface area (Å²) in [6.45, 7) is 4.49. The number of hydrogen-bond acceptors (Lipinski definition) is 4. The Labute approximate surface area is 166 Å². The van der Waals surface area contributed by atoms with Crippen molar-refractivity contribution in [1.29, 1.82) is 0 Å². The third-order valence-corrected chi connectivity index (χ3v) is 9.55. The number of hydrogen-bond donors (Lipinski definition) is 1. The second-order valence-corrected chi connectivity index (χ2v) is 11.4. The van der Waals surface area contributed by atoms with E-state index in [1.165, 1.54) is 11.1 Å². The second kappa shape index (κ2) is 6.15. The summed E-state index contributed by atoms with van der Waals surface area (Å²) in [5.41, 5.74) is 3.44. The van der Waals surface area contributed by atoms with Gasteiger partial charge in [-0.1, -0.05) is 24.3 Å². The molecule has 1 N–H and O–H groups in total. The molecule has 28 heavy (non-hydrogen) atoms. The number of fused-ring (bicyclic) bond motifs is 3. The van der Waals surface area contributed by atoms with Gasteiger partial charge in [0, 0.05) is 24.6 Å². The summed E-state index contributed by atoms with van der Waals surface area (Å²) in [4.78, 5) is 4.32. The summed E-state index contributed by atoms with van der Waals surface area (Å²) in [5.74, 6) is 0.143. The lowest BCUT2D eigenvalue weighted by atomic mass is 9.53. The first-order valence-corrected chi connectivity index (χ1v) is 11.6. The van der Waals surface area contributed by atoms with Gasteiger partial charge in [-0.05, 0) is 44.1 Å². The number of benzene rings is 1. The highest BCUT2D eigenvalue weighted by Crippen LogP contribution is 2.59. The van der Waals surface area contributed by atoms with Crippen LogP contribution in [0.25, 0.3) is 11.3 Å². The molecule has 0 radical (unpaired) electrons. The average Bonchev–Trinajstić information content (AvgIpc) is 3.27. The van der Waals surface area contributed by atoms with Gasteiger partial charge in [0.25, 0.3) is 0 Å².